The first-order chi connectivity index (χ1) is 9.02. The number of aryl methyl sites for hydroxylation is 2. The Morgan fingerprint density at radius 1 is 1.53 bits per heavy atom. The minimum absolute atomic E-state index is 0.0519. The van der Waals surface area contributed by atoms with E-state index in [1.807, 2.05) is 6.92 Å². The topological polar surface area (TPSA) is 92.3 Å². The second-order valence-corrected chi connectivity index (χ2v) is 5.25. The number of fused-ring (bicyclic) bond motifs is 1. The summed E-state index contributed by atoms with van der Waals surface area (Å²) in [6.07, 6.45) is 0.167. The van der Waals surface area contributed by atoms with Crippen LogP contribution in [0, 0.1) is 6.92 Å². The van der Waals surface area contributed by atoms with Gasteiger partial charge in [0.2, 0.25) is 0 Å². The fourth-order valence-electron chi connectivity index (χ4n) is 1.85. The summed E-state index contributed by atoms with van der Waals surface area (Å²) in [6, 6.07) is 0. The number of rotatable bonds is 5. The van der Waals surface area contributed by atoms with Crippen molar-refractivity contribution in [2.45, 2.75) is 26.4 Å². The zero-order chi connectivity index (χ0) is 14.0. The number of aromatic amines is 1. The fourth-order valence-corrected chi connectivity index (χ4v) is 3.02. The standard InChI is InChI=1S/C12H14N2O4S/c1-6-7(5-18-2)19-12-10(6)11(17)13-8(14-12)3-4-9(15)16/h3-5H2,1-2H3,(H,15,16)(H,13,14,17). The van der Waals surface area contributed by atoms with Gasteiger partial charge in [0.25, 0.3) is 5.56 Å². The highest BCUT2D eigenvalue weighted by molar-refractivity contribution is 7.18. The Bertz CT molecular complexity index is 674. The lowest BCUT2D eigenvalue weighted by Crippen LogP contribution is -2.12. The number of H-pyrrole nitrogens is 1. The van der Waals surface area contributed by atoms with Crippen LogP contribution >= 0.6 is 11.3 Å². The van der Waals surface area contributed by atoms with Crippen molar-refractivity contribution in [1.82, 2.24) is 9.97 Å². The number of nitrogens with zero attached hydrogens (tertiary/aromatic N) is 1. The number of methoxy groups -OCH3 is 1. The van der Waals surface area contributed by atoms with Crippen LogP contribution in [0.25, 0.3) is 10.2 Å². The van der Waals surface area contributed by atoms with Gasteiger partial charge in [-0.15, -0.1) is 11.3 Å². The lowest BCUT2D eigenvalue weighted by Gasteiger charge is -1.98. The van der Waals surface area contributed by atoms with E-state index in [0.717, 1.165) is 10.4 Å². The SMILES string of the molecule is COCc1sc2nc(CCC(=O)O)[nH]c(=O)c2c1C. The average Bonchev–Trinajstić information content (AvgIpc) is 2.65. The highest BCUT2D eigenvalue weighted by Gasteiger charge is 2.14. The van der Waals surface area contributed by atoms with Crippen molar-refractivity contribution in [2.75, 3.05) is 7.11 Å². The molecule has 0 aliphatic rings. The summed E-state index contributed by atoms with van der Waals surface area (Å²) < 4.78 is 5.08. The lowest BCUT2D eigenvalue weighted by molar-refractivity contribution is -0.137. The lowest BCUT2D eigenvalue weighted by atomic mass is 10.2. The molecule has 0 aliphatic carbocycles. The van der Waals surface area contributed by atoms with Crippen molar-refractivity contribution in [1.29, 1.82) is 0 Å². The van der Waals surface area contributed by atoms with E-state index < -0.39 is 5.97 Å². The number of hydrogen-bond acceptors (Lipinski definition) is 5. The number of carbonyl (C=O) groups is 1. The number of aliphatic carboxylic acids is 1. The van der Waals surface area contributed by atoms with Crippen LogP contribution in [0.2, 0.25) is 0 Å². The van der Waals surface area contributed by atoms with E-state index in [2.05, 4.69) is 9.97 Å². The number of carboxylic acids is 1. The van der Waals surface area contributed by atoms with Crippen LogP contribution in [-0.4, -0.2) is 28.2 Å². The van der Waals surface area contributed by atoms with Crippen LogP contribution in [0.15, 0.2) is 4.79 Å². The van der Waals surface area contributed by atoms with Crippen LogP contribution in [0.5, 0.6) is 0 Å². The van der Waals surface area contributed by atoms with Gasteiger partial charge in [0, 0.05) is 18.4 Å². The van der Waals surface area contributed by atoms with E-state index in [1.54, 1.807) is 7.11 Å². The molecule has 0 radical (unpaired) electrons. The third-order valence-electron chi connectivity index (χ3n) is 2.80. The molecule has 2 heterocycles. The maximum absolute atomic E-state index is 12.0. The van der Waals surface area contributed by atoms with E-state index in [4.69, 9.17) is 9.84 Å². The Hall–Kier alpha value is -1.73. The van der Waals surface area contributed by atoms with Gasteiger partial charge in [-0.25, -0.2) is 4.98 Å². The first-order valence-electron chi connectivity index (χ1n) is 5.74. The smallest absolute Gasteiger partial charge is 0.303 e. The molecule has 0 atom stereocenters. The molecule has 7 heteroatoms. The molecular formula is C12H14N2O4S. The molecule has 0 unspecified atom stereocenters. The largest absolute Gasteiger partial charge is 0.481 e. The van der Waals surface area contributed by atoms with Crippen molar-refractivity contribution >= 4 is 27.5 Å². The molecule has 2 aromatic rings. The van der Waals surface area contributed by atoms with Crippen LogP contribution in [0.4, 0.5) is 0 Å². The highest BCUT2D eigenvalue weighted by atomic mass is 32.1. The van der Waals surface area contributed by atoms with Crippen molar-refractivity contribution in [3.8, 4) is 0 Å². The summed E-state index contributed by atoms with van der Waals surface area (Å²) in [5.41, 5.74) is 0.655. The minimum atomic E-state index is -0.912. The zero-order valence-electron chi connectivity index (χ0n) is 10.6. The van der Waals surface area contributed by atoms with E-state index in [1.165, 1.54) is 11.3 Å². The van der Waals surface area contributed by atoms with Crippen LogP contribution in [0.3, 0.4) is 0 Å². The summed E-state index contributed by atoms with van der Waals surface area (Å²) in [6.45, 7) is 2.30. The molecule has 2 rings (SSSR count). The second kappa shape index (κ2) is 5.50. The molecule has 102 valence electrons. The Balaban J connectivity index is 2.45. The van der Waals surface area contributed by atoms with Crippen LogP contribution < -0.4 is 5.56 Å². The van der Waals surface area contributed by atoms with Gasteiger partial charge in [0.05, 0.1) is 18.4 Å². The highest BCUT2D eigenvalue weighted by Crippen LogP contribution is 2.27. The van der Waals surface area contributed by atoms with Gasteiger partial charge >= 0.3 is 5.97 Å². The van der Waals surface area contributed by atoms with E-state index in [9.17, 15) is 9.59 Å². The Labute approximate surface area is 113 Å². The third kappa shape index (κ3) is 2.82. The predicted octanol–water partition coefficient (Wildman–Crippen LogP) is 1.46. The molecule has 6 nitrogen and oxygen atoms in total. The number of nitrogens with one attached hydrogen (secondary N) is 1. The normalized spacial score (nSPS) is 11.1. The number of carboxylic acid groups (broad SMARTS) is 1. The molecule has 0 bridgehead atoms. The van der Waals surface area contributed by atoms with Crippen LogP contribution in [0.1, 0.15) is 22.7 Å². The molecule has 0 spiro atoms. The molecule has 0 aliphatic heterocycles. The zero-order valence-corrected chi connectivity index (χ0v) is 11.5. The fraction of sp³-hybridized carbons (Fsp3) is 0.417. The Kier molecular flexibility index (Phi) is 3.96. The molecule has 0 saturated carbocycles. The number of hydrogen-bond donors (Lipinski definition) is 2. The molecule has 0 amide bonds. The monoisotopic (exact) mass is 282 g/mol. The van der Waals surface area contributed by atoms with Gasteiger partial charge in [-0.2, -0.15) is 0 Å². The Morgan fingerprint density at radius 2 is 2.26 bits per heavy atom. The van der Waals surface area contributed by atoms with Crippen molar-refractivity contribution in [2.24, 2.45) is 0 Å². The van der Waals surface area contributed by atoms with Gasteiger partial charge in [-0.05, 0) is 12.5 Å². The first kappa shape index (κ1) is 13.7. The number of thiophene rings is 1. The summed E-state index contributed by atoms with van der Waals surface area (Å²) >= 11 is 1.41. The van der Waals surface area contributed by atoms with Gasteiger partial charge in [-0.1, -0.05) is 0 Å². The summed E-state index contributed by atoms with van der Waals surface area (Å²) in [7, 11) is 1.60. The summed E-state index contributed by atoms with van der Waals surface area (Å²) in [4.78, 5) is 31.1. The van der Waals surface area contributed by atoms with Gasteiger partial charge < -0.3 is 14.8 Å². The van der Waals surface area contributed by atoms with Crippen LogP contribution in [-0.2, 0) is 22.6 Å². The predicted molar refractivity (Wildman–Crippen MR) is 71.6 cm³/mol. The molecular weight excluding hydrogens is 268 g/mol. The molecule has 2 aromatic heterocycles. The van der Waals surface area contributed by atoms with Gasteiger partial charge in [0.15, 0.2) is 0 Å². The molecule has 19 heavy (non-hydrogen) atoms. The van der Waals surface area contributed by atoms with E-state index in [-0.39, 0.29) is 18.4 Å². The number of aromatic nitrogens is 2. The molecule has 0 fully saturated rings. The van der Waals surface area contributed by atoms with E-state index >= 15 is 0 Å². The summed E-state index contributed by atoms with van der Waals surface area (Å²) in [5.74, 6) is -0.504. The van der Waals surface area contributed by atoms with Crippen molar-refractivity contribution in [3.63, 3.8) is 0 Å². The number of ether oxygens (including phenoxy) is 1. The van der Waals surface area contributed by atoms with Crippen molar-refractivity contribution < 1.29 is 14.6 Å². The van der Waals surface area contributed by atoms with E-state index in [0.29, 0.717) is 22.6 Å². The maximum atomic E-state index is 12.0. The Morgan fingerprint density at radius 3 is 2.89 bits per heavy atom. The molecule has 0 aromatic carbocycles. The quantitative estimate of drug-likeness (QED) is 0.866. The minimum Gasteiger partial charge on any atom is -0.481 e. The summed E-state index contributed by atoms with van der Waals surface area (Å²) in [5, 5.41) is 9.21. The second-order valence-electron chi connectivity index (χ2n) is 4.17. The maximum Gasteiger partial charge on any atom is 0.303 e. The van der Waals surface area contributed by atoms with Gasteiger partial charge in [0.1, 0.15) is 10.7 Å². The molecule has 2 N–H and O–H groups in total. The third-order valence-corrected chi connectivity index (χ3v) is 3.96. The molecule has 0 saturated heterocycles. The first-order valence-corrected chi connectivity index (χ1v) is 6.56. The van der Waals surface area contributed by atoms with Gasteiger partial charge in [-0.3, -0.25) is 9.59 Å². The van der Waals surface area contributed by atoms with Crippen molar-refractivity contribution in [3.05, 3.63) is 26.6 Å². The average molecular weight is 282 g/mol.